The van der Waals surface area contributed by atoms with Gasteiger partial charge in [0.25, 0.3) is 0 Å². The zero-order chi connectivity index (χ0) is 26.7. The Kier molecular flexibility index (Phi) is 6.32. The van der Waals surface area contributed by atoms with E-state index in [2.05, 4.69) is 10.3 Å². The second-order valence-corrected chi connectivity index (χ2v) is 12.8. The van der Waals surface area contributed by atoms with E-state index in [1.807, 2.05) is 54.9 Å². The molecular formula is C29H30ClFN4O2S. The Morgan fingerprint density at radius 3 is 2.68 bits per heavy atom. The second-order valence-electron chi connectivity index (χ2n) is 11.2. The number of nitrogens with one attached hydrogen (secondary N) is 1. The molecule has 4 aromatic rings. The SMILES string of the molecule is CC1(C)CCC(=O)N(Cc2cc3nccc(-c4cc(Cl)cc5ccn(CC6(F)CCNCC6)c45)c3s2)C1=O. The van der Waals surface area contributed by atoms with Crippen molar-refractivity contribution in [2.24, 2.45) is 5.41 Å². The number of carbonyl (C=O) groups is 2. The fourth-order valence-electron chi connectivity index (χ4n) is 5.72. The van der Waals surface area contributed by atoms with Gasteiger partial charge in [-0.15, -0.1) is 11.3 Å². The van der Waals surface area contributed by atoms with Crippen LogP contribution in [0, 0.1) is 5.41 Å². The predicted octanol–water partition coefficient (Wildman–Crippen LogP) is 6.34. The Labute approximate surface area is 229 Å². The number of benzene rings is 1. The maximum absolute atomic E-state index is 15.7. The summed E-state index contributed by atoms with van der Waals surface area (Å²) in [5.41, 5.74) is 1.80. The van der Waals surface area contributed by atoms with Crippen molar-refractivity contribution >= 4 is 55.9 Å². The Bertz CT molecular complexity index is 1570. The first-order valence-electron chi connectivity index (χ1n) is 13.0. The number of piperidine rings is 2. The van der Waals surface area contributed by atoms with Crippen LogP contribution < -0.4 is 5.32 Å². The molecule has 0 saturated carbocycles. The van der Waals surface area contributed by atoms with Gasteiger partial charge >= 0.3 is 0 Å². The van der Waals surface area contributed by atoms with Crippen molar-refractivity contribution in [3.05, 3.63) is 52.6 Å². The average molecular weight is 553 g/mol. The van der Waals surface area contributed by atoms with Crippen LogP contribution in [0.2, 0.25) is 5.02 Å². The van der Waals surface area contributed by atoms with Crippen LogP contribution in [-0.2, 0) is 22.7 Å². The summed E-state index contributed by atoms with van der Waals surface area (Å²) >= 11 is 8.09. The largest absolute Gasteiger partial charge is 0.344 e. The van der Waals surface area contributed by atoms with Gasteiger partial charge in [0, 0.05) is 50.6 Å². The average Bonchev–Trinajstić information content (AvgIpc) is 3.47. The predicted molar refractivity (Wildman–Crippen MR) is 150 cm³/mol. The van der Waals surface area contributed by atoms with Gasteiger partial charge in [-0.25, -0.2) is 4.39 Å². The lowest BCUT2D eigenvalue weighted by atomic mass is 9.83. The van der Waals surface area contributed by atoms with Crippen molar-refractivity contribution in [3.63, 3.8) is 0 Å². The van der Waals surface area contributed by atoms with Gasteiger partial charge in [0.1, 0.15) is 5.67 Å². The fraction of sp³-hybridized carbons (Fsp3) is 0.414. The summed E-state index contributed by atoms with van der Waals surface area (Å²) in [5.74, 6) is -0.265. The first-order chi connectivity index (χ1) is 18.1. The highest BCUT2D eigenvalue weighted by atomic mass is 35.5. The summed E-state index contributed by atoms with van der Waals surface area (Å²) in [6.07, 6.45) is 5.61. The van der Waals surface area contributed by atoms with Crippen LogP contribution in [0.4, 0.5) is 4.39 Å². The highest BCUT2D eigenvalue weighted by Gasteiger charge is 2.40. The van der Waals surface area contributed by atoms with E-state index < -0.39 is 11.1 Å². The molecule has 9 heteroatoms. The molecule has 2 amide bonds. The molecule has 198 valence electrons. The molecular weight excluding hydrogens is 523 g/mol. The number of fused-ring (bicyclic) bond motifs is 2. The summed E-state index contributed by atoms with van der Waals surface area (Å²) in [6.45, 7) is 5.66. The number of nitrogens with zero attached hydrogens (tertiary/aromatic N) is 3. The summed E-state index contributed by atoms with van der Waals surface area (Å²) in [7, 11) is 0. The minimum Gasteiger partial charge on any atom is -0.344 e. The Morgan fingerprint density at radius 1 is 1.11 bits per heavy atom. The second kappa shape index (κ2) is 9.43. The highest BCUT2D eigenvalue weighted by Crippen LogP contribution is 2.41. The van der Waals surface area contributed by atoms with E-state index in [1.54, 1.807) is 6.20 Å². The molecule has 0 aliphatic carbocycles. The van der Waals surface area contributed by atoms with Crippen LogP contribution in [0.25, 0.3) is 32.2 Å². The standard InChI is InChI=1S/C29H30ClFN4O2S/c1-28(2)6-3-24(36)35(27(28)37)16-20-15-23-26(38-20)21(4-9-33-23)22-14-19(30)13-18-5-12-34(25(18)22)17-29(31)7-10-32-11-8-29/h4-5,9,12-15,32H,3,6-8,10-11,16-17H2,1-2H3. The minimum atomic E-state index is -1.26. The molecule has 38 heavy (non-hydrogen) atoms. The number of imide groups is 1. The molecule has 0 atom stereocenters. The number of halogens is 2. The Hall–Kier alpha value is -2.81. The quantitative estimate of drug-likeness (QED) is 0.293. The number of amides is 2. The topological polar surface area (TPSA) is 67.2 Å². The first kappa shape index (κ1) is 25.5. The number of alkyl halides is 1. The molecule has 0 spiro atoms. The van der Waals surface area contributed by atoms with Crippen molar-refractivity contribution in [2.45, 2.75) is 58.3 Å². The molecule has 1 N–H and O–H groups in total. The van der Waals surface area contributed by atoms with E-state index in [0.717, 1.165) is 37.1 Å². The number of hydrogen-bond acceptors (Lipinski definition) is 5. The summed E-state index contributed by atoms with van der Waals surface area (Å²) < 4.78 is 18.7. The van der Waals surface area contributed by atoms with Gasteiger partial charge in [0.2, 0.25) is 11.8 Å². The van der Waals surface area contributed by atoms with Crippen molar-refractivity contribution in [1.82, 2.24) is 19.8 Å². The molecule has 2 saturated heterocycles. The van der Waals surface area contributed by atoms with E-state index >= 15 is 4.39 Å². The van der Waals surface area contributed by atoms with Crippen LogP contribution in [0.5, 0.6) is 0 Å². The third kappa shape index (κ3) is 4.52. The van der Waals surface area contributed by atoms with Gasteiger partial charge in [0.15, 0.2) is 0 Å². The van der Waals surface area contributed by atoms with Gasteiger partial charge in [0.05, 0.1) is 28.8 Å². The summed E-state index contributed by atoms with van der Waals surface area (Å²) in [4.78, 5) is 32.5. The molecule has 3 aromatic heterocycles. The van der Waals surface area contributed by atoms with E-state index in [0.29, 0.717) is 43.8 Å². The van der Waals surface area contributed by atoms with Crippen molar-refractivity contribution in [2.75, 3.05) is 13.1 Å². The molecule has 2 fully saturated rings. The number of aromatic nitrogens is 2. The molecule has 2 aliphatic heterocycles. The summed E-state index contributed by atoms with van der Waals surface area (Å²) in [6, 6.07) is 9.75. The lowest BCUT2D eigenvalue weighted by molar-refractivity contribution is -0.156. The van der Waals surface area contributed by atoms with E-state index in [1.165, 1.54) is 16.2 Å². The van der Waals surface area contributed by atoms with Crippen molar-refractivity contribution in [1.29, 1.82) is 0 Å². The summed E-state index contributed by atoms with van der Waals surface area (Å²) in [5, 5.41) is 4.81. The molecule has 6 nitrogen and oxygen atoms in total. The van der Waals surface area contributed by atoms with Crippen LogP contribution >= 0.6 is 22.9 Å². The molecule has 0 bridgehead atoms. The van der Waals surface area contributed by atoms with Gasteiger partial charge < -0.3 is 9.88 Å². The first-order valence-corrected chi connectivity index (χ1v) is 14.2. The molecule has 2 aliphatic rings. The maximum atomic E-state index is 15.7. The van der Waals surface area contributed by atoms with Crippen LogP contribution in [0.3, 0.4) is 0 Å². The van der Waals surface area contributed by atoms with E-state index in [4.69, 9.17) is 11.6 Å². The number of rotatable bonds is 5. The van der Waals surface area contributed by atoms with Gasteiger partial charge in [-0.05, 0) is 62.7 Å². The van der Waals surface area contributed by atoms with E-state index in [-0.39, 0.29) is 24.9 Å². The molecule has 0 radical (unpaired) electrons. The lowest BCUT2D eigenvalue weighted by Gasteiger charge is -2.35. The fourth-order valence-corrected chi connectivity index (χ4v) is 7.08. The normalized spacial score (nSPS) is 19.5. The van der Waals surface area contributed by atoms with Gasteiger partial charge in [-0.2, -0.15) is 0 Å². The zero-order valence-electron chi connectivity index (χ0n) is 21.5. The zero-order valence-corrected chi connectivity index (χ0v) is 23.1. The molecule has 6 rings (SSSR count). The van der Waals surface area contributed by atoms with Gasteiger partial charge in [-0.1, -0.05) is 25.4 Å². The minimum absolute atomic E-state index is 0.132. The van der Waals surface area contributed by atoms with Crippen molar-refractivity contribution in [3.8, 4) is 11.1 Å². The number of thiophene rings is 1. The van der Waals surface area contributed by atoms with Crippen molar-refractivity contribution < 1.29 is 14.0 Å². The van der Waals surface area contributed by atoms with E-state index in [9.17, 15) is 9.59 Å². The third-order valence-electron chi connectivity index (χ3n) is 7.93. The smallest absolute Gasteiger partial charge is 0.235 e. The third-order valence-corrected chi connectivity index (χ3v) is 9.30. The monoisotopic (exact) mass is 552 g/mol. The Balaban J connectivity index is 1.42. The lowest BCUT2D eigenvalue weighted by Crippen LogP contribution is -2.48. The number of carbonyl (C=O) groups excluding carboxylic acids is 2. The molecule has 1 aromatic carbocycles. The van der Waals surface area contributed by atoms with Crippen LogP contribution in [0.15, 0.2) is 42.7 Å². The van der Waals surface area contributed by atoms with Crippen LogP contribution in [0.1, 0.15) is 44.4 Å². The van der Waals surface area contributed by atoms with Crippen LogP contribution in [-0.4, -0.2) is 45.0 Å². The number of pyridine rings is 1. The molecule has 5 heterocycles. The number of likely N-dealkylation sites (tertiary alicyclic amines) is 1. The Morgan fingerprint density at radius 2 is 1.89 bits per heavy atom. The highest BCUT2D eigenvalue weighted by molar-refractivity contribution is 7.19. The number of hydrogen-bond donors (Lipinski definition) is 1. The van der Waals surface area contributed by atoms with Gasteiger partial charge in [-0.3, -0.25) is 19.5 Å². The maximum Gasteiger partial charge on any atom is 0.235 e. The molecule has 0 unspecified atom stereocenters.